The maximum atomic E-state index is 13.3. The number of hydrogen-bond acceptors (Lipinski definition) is 3. The first kappa shape index (κ1) is 20.7. The molecule has 1 saturated heterocycles. The smallest absolute Gasteiger partial charge is 0.227 e. The van der Waals surface area contributed by atoms with E-state index in [2.05, 4.69) is 5.32 Å². The number of likely N-dealkylation sites (tertiary alicyclic amines) is 1. The Hall–Kier alpha value is -3.60. The zero-order valence-corrected chi connectivity index (χ0v) is 17.5. The summed E-state index contributed by atoms with van der Waals surface area (Å²) in [6.07, 6.45) is 0.149. The second kappa shape index (κ2) is 9.47. The highest BCUT2D eigenvalue weighted by atomic mass is 16.5. The van der Waals surface area contributed by atoms with Gasteiger partial charge in [0, 0.05) is 31.1 Å². The molecule has 0 spiro atoms. The van der Waals surface area contributed by atoms with Crippen LogP contribution < -0.4 is 10.1 Å². The minimum absolute atomic E-state index is 0.0212. The maximum absolute atomic E-state index is 13.3. The molecule has 1 aliphatic heterocycles. The number of nitrogens with one attached hydrogen (secondary N) is 1. The molecule has 0 unspecified atom stereocenters. The van der Waals surface area contributed by atoms with Crippen molar-refractivity contribution in [3.8, 4) is 5.75 Å². The second-order valence-electron chi connectivity index (χ2n) is 7.81. The van der Waals surface area contributed by atoms with Crippen molar-refractivity contribution in [3.63, 3.8) is 0 Å². The van der Waals surface area contributed by atoms with E-state index in [-0.39, 0.29) is 24.2 Å². The Labute approximate surface area is 182 Å². The van der Waals surface area contributed by atoms with Crippen LogP contribution in [-0.4, -0.2) is 30.4 Å². The minimum Gasteiger partial charge on any atom is -0.497 e. The van der Waals surface area contributed by atoms with Crippen LogP contribution in [0.3, 0.4) is 0 Å². The summed E-state index contributed by atoms with van der Waals surface area (Å²) in [5, 5.41) is 2.91. The fraction of sp³-hybridized carbons (Fsp3) is 0.231. The molecule has 0 aliphatic carbocycles. The summed E-state index contributed by atoms with van der Waals surface area (Å²) in [6.45, 7) is 1.13. The van der Waals surface area contributed by atoms with E-state index < -0.39 is 5.92 Å². The van der Waals surface area contributed by atoms with Crippen molar-refractivity contribution in [3.05, 3.63) is 96.1 Å². The first-order chi connectivity index (χ1) is 15.1. The summed E-state index contributed by atoms with van der Waals surface area (Å²) < 4.78 is 5.27. The number of nitrogens with zero attached hydrogens (tertiary/aromatic N) is 1. The van der Waals surface area contributed by atoms with E-state index in [1.807, 2.05) is 89.8 Å². The molecule has 0 radical (unpaired) electrons. The molecule has 31 heavy (non-hydrogen) atoms. The molecule has 1 fully saturated rings. The topological polar surface area (TPSA) is 58.6 Å². The lowest BCUT2D eigenvalue weighted by molar-refractivity contribution is -0.133. The van der Waals surface area contributed by atoms with Crippen LogP contribution in [0.15, 0.2) is 84.9 Å². The van der Waals surface area contributed by atoms with E-state index in [1.165, 1.54) is 0 Å². The number of rotatable bonds is 7. The molecule has 2 atom stereocenters. The van der Waals surface area contributed by atoms with Gasteiger partial charge in [-0.05, 0) is 35.4 Å². The summed E-state index contributed by atoms with van der Waals surface area (Å²) in [5.41, 5.74) is 2.86. The number of amides is 2. The van der Waals surface area contributed by atoms with Crippen LogP contribution in [0.25, 0.3) is 0 Å². The quantitative estimate of drug-likeness (QED) is 0.621. The summed E-state index contributed by atoms with van der Waals surface area (Å²) >= 11 is 0. The molecule has 5 nitrogen and oxygen atoms in total. The van der Waals surface area contributed by atoms with Crippen molar-refractivity contribution in [1.82, 2.24) is 4.90 Å². The molecule has 4 rings (SSSR count). The SMILES string of the molecule is COc1ccc([C@H]2CN(Cc3ccccc3)C(=O)[C@@H]2CC(=O)Nc2ccccc2)cc1. The average Bonchev–Trinajstić information content (AvgIpc) is 3.10. The summed E-state index contributed by atoms with van der Waals surface area (Å²) in [5.74, 6) is 0.189. The second-order valence-corrected chi connectivity index (χ2v) is 7.81. The van der Waals surface area contributed by atoms with Gasteiger partial charge in [-0.3, -0.25) is 9.59 Å². The monoisotopic (exact) mass is 414 g/mol. The first-order valence-electron chi connectivity index (χ1n) is 10.5. The van der Waals surface area contributed by atoms with E-state index in [9.17, 15) is 9.59 Å². The predicted molar refractivity (Wildman–Crippen MR) is 121 cm³/mol. The Balaban J connectivity index is 1.54. The van der Waals surface area contributed by atoms with Crippen LogP contribution in [0.4, 0.5) is 5.69 Å². The highest BCUT2D eigenvalue weighted by Gasteiger charge is 2.42. The number of anilines is 1. The first-order valence-corrected chi connectivity index (χ1v) is 10.5. The van der Waals surface area contributed by atoms with Gasteiger partial charge in [0.25, 0.3) is 0 Å². The molecule has 3 aromatic rings. The Bertz CT molecular complexity index is 1020. The Morgan fingerprint density at radius 3 is 2.26 bits per heavy atom. The number of methoxy groups -OCH3 is 1. The van der Waals surface area contributed by atoms with Gasteiger partial charge >= 0.3 is 0 Å². The van der Waals surface area contributed by atoms with Crippen LogP contribution in [0.1, 0.15) is 23.5 Å². The van der Waals surface area contributed by atoms with Crippen LogP contribution in [0.5, 0.6) is 5.75 Å². The number of carbonyl (C=O) groups is 2. The molecular formula is C26H26N2O3. The van der Waals surface area contributed by atoms with Gasteiger partial charge in [0.2, 0.25) is 11.8 Å². The Kier molecular flexibility index (Phi) is 6.32. The van der Waals surface area contributed by atoms with E-state index in [4.69, 9.17) is 4.74 Å². The van der Waals surface area contributed by atoms with Gasteiger partial charge < -0.3 is 15.0 Å². The lowest BCUT2D eigenvalue weighted by Gasteiger charge is -2.17. The number of para-hydroxylation sites is 1. The summed E-state index contributed by atoms with van der Waals surface area (Å²) in [4.78, 5) is 27.9. The predicted octanol–water partition coefficient (Wildman–Crippen LogP) is 4.47. The van der Waals surface area contributed by atoms with Crippen LogP contribution in [0.2, 0.25) is 0 Å². The van der Waals surface area contributed by atoms with Gasteiger partial charge in [0.15, 0.2) is 0 Å². The molecule has 5 heteroatoms. The van der Waals surface area contributed by atoms with Crippen molar-refractivity contribution in [2.75, 3.05) is 19.0 Å². The number of ether oxygens (including phenoxy) is 1. The average molecular weight is 415 g/mol. The zero-order valence-electron chi connectivity index (χ0n) is 17.5. The summed E-state index contributed by atoms with van der Waals surface area (Å²) in [7, 11) is 1.63. The fourth-order valence-electron chi connectivity index (χ4n) is 4.16. The molecule has 1 aliphatic rings. The number of carbonyl (C=O) groups excluding carboxylic acids is 2. The molecule has 3 aromatic carbocycles. The van der Waals surface area contributed by atoms with Crippen molar-refractivity contribution in [2.45, 2.75) is 18.9 Å². The van der Waals surface area contributed by atoms with Crippen LogP contribution in [-0.2, 0) is 16.1 Å². The van der Waals surface area contributed by atoms with Gasteiger partial charge in [0.1, 0.15) is 5.75 Å². The van der Waals surface area contributed by atoms with Gasteiger partial charge in [-0.2, -0.15) is 0 Å². The van der Waals surface area contributed by atoms with Crippen molar-refractivity contribution < 1.29 is 14.3 Å². The third-order valence-electron chi connectivity index (χ3n) is 5.75. The Morgan fingerprint density at radius 2 is 1.61 bits per heavy atom. The number of benzene rings is 3. The lowest BCUT2D eigenvalue weighted by Crippen LogP contribution is -2.28. The fourth-order valence-corrected chi connectivity index (χ4v) is 4.16. The molecule has 1 heterocycles. The zero-order chi connectivity index (χ0) is 21.6. The number of hydrogen-bond donors (Lipinski definition) is 1. The highest BCUT2D eigenvalue weighted by Crippen LogP contribution is 2.37. The molecule has 0 saturated carbocycles. The molecule has 158 valence electrons. The van der Waals surface area contributed by atoms with Gasteiger partial charge in [-0.25, -0.2) is 0 Å². The Morgan fingerprint density at radius 1 is 0.968 bits per heavy atom. The standard InChI is InChI=1S/C26H26N2O3/c1-31-22-14-12-20(13-15-22)24-18-28(17-19-8-4-2-5-9-19)26(30)23(24)16-25(29)27-21-10-6-3-7-11-21/h2-15,23-24H,16-18H2,1H3,(H,27,29)/t23-,24-/m1/s1. The third kappa shape index (κ3) is 4.94. The van der Waals surface area contributed by atoms with E-state index in [0.29, 0.717) is 13.1 Å². The van der Waals surface area contributed by atoms with E-state index >= 15 is 0 Å². The van der Waals surface area contributed by atoms with Crippen LogP contribution in [0, 0.1) is 5.92 Å². The third-order valence-corrected chi connectivity index (χ3v) is 5.75. The minimum atomic E-state index is -0.402. The van der Waals surface area contributed by atoms with Gasteiger partial charge in [0.05, 0.1) is 13.0 Å². The highest BCUT2D eigenvalue weighted by molar-refractivity contribution is 5.95. The van der Waals surface area contributed by atoms with E-state index in [0.717, 1.165) is 22.6 Å². The van der Waals surface area contributed by atoms with Crippen LogP contribution >= 0.6 is 0 Å². The molecule has 0 aromatic heterocycles. The van der Waals surface area contributed by atoms with Crippen molar-refractivity contribution in [2.24, 2.45) is 5.92 Å². The molecule has 1 N–H and O–H groups in total. The van der Waals surface area contributed by atoms with Gasteiger partial charge in [-0.1, -0.05) is 60.7 Å². The largest absolute Gasteiger partial charge is 0.497 e. The lowest BCUT2D eigenvalue weighted by atomic mass is 9.86. The van der Waals surface area contributed by atoms with E-state index in [1.54, 1.807) is 7.11 Å². The van der Waals surface area contributed by atoms with Gasteiger partial charge in [-0.15, -0.1) is 0 Å². The van der Waals surface area contributed by atoms with Crippen molar-refractivity contribution >= 4 is 17.5 Å². The summed E-state index contributed by atoms with van der Waals surface area (Å²) in [6, 6.07) is 27.1. The molecular weight excluding hydrogens is 388 g/mol. The van der Waals surface area contributed by atoms with Crippen molar-refractivity contribution in [1.29, 1.82) is 0 Å². The molecule has 0 bridgehead atoms. The normalized spacial score (nSPS) is 18.1. The molecule has 2 amide bonds. The maximum Gasteiger partial charge on any atom is 0.227 e.